The number of methoxy groups -OCH3 is 1. The van der Waals surface area contributed by atoms with E-state index >= 15 is 0 Å². The lowest BCUT2D eigenvalue weighted by Crippen LogP contribution is -2.00. The number of nitriles is 1. The molecule has 0 amide bonds. The van der Waals surface area contributed by atoms with Crippen LogP contribution in [0.15, 0.2) is 30.6 Å². The standard InChI is InChI=1S/C14H14N4O2/c1-3-16-13-7-14(18-9-17-13)20-11-5-4-10(8-15)6-12(11)19-2/h4-7,9H,3H2,1-2H3,(H,16,17,18). The lowest BCUT2D eigenvalue weighted by atomic mass is 10.2. The molecule has 2 rings (SSSR count). The van der Waals surface area contributed by atoms with Gasteiger partial charge in [-0.3, -0.25) is 0 Å². The van der Waals surface area contributed by atoms with Crippen LogP contribution in [0.3, 0.4) is 0 Å². The Morgan fingerprint density at radius 3 is 2.80 bits per heavy atom. The maximum absolute atomic E-state index is 8.86. The van der Waals surface area contributed by atoms with E-state index in [-0.39, 0.29) is 0 Å². The van der Waals surface area contributed by atoms with Gasteiger partial charge in [0.1, 0.15) is 12.1 Å². The van der Waals surface area contributed by atoms with Crippen LogP contribution in [0.1, 0.15) is 12.5 Å². The quantitative estimate of drug-likeness (QED) is 0.899. The molecular weight excluding hydrogens is 256 g/mol. The third kappa shape index (κ3) is 3.14. The van der Waals surface area contributed by atoms with Crippen LogP contribution in [0.5, 0.6) is 17.4 Å². The zero-order valence-electron chi connectivity index (χ0n) is 11.3. The largest absolute Gasteiger partial charge is 0.493 e. The number of aromatic nitrogens is 2. The summed E-state index contributed by atoms with van der Waals surface area (Å²) in [5.74, 6) is 2.06. The van der Waals surface area contributed by atoms with Crippen LogP contribution in [-0.2, 0) is 0 Å². The van der Waals surface area contributed by atoms with E-state index in [0.29, 0.717) is 28.8 Å². The van der Waals surface area contributed by atoms with Gasteiger partial charge in [-0.05, 0) is 19.1 Å². The van der Waals surface area contributed by atoms with Crippen LogP contribution in [0.2, 0.25) is 0 Å². The Balaban J connectivity index is 2.25. The minimum Gasteiger partial charge on any atom is -0.493 e. The average molecular weight is 270 g/mol. The summed E-state index contributed by atoms with van der Waals surface area (Å²) in [5, 5.41) is 11.9. The monoisotopic (exact) mass is 270 g/mol. The molecule has 0 atom stereocenters. The summed E-state index contributed by atoms with van der Waals surface area (Å²) in [6.45, 7) is 2.74. The van der Waals surface area contributed by atoms with Crippen molar-refractivity contribution in [3.63, 3.8) is 0 Å². The summed E-state index contributed by atoms with van der Waals surface area (Å²) in [7, 11) is 1.52. The van der Waals surface area contributed by atoms with Crippen molar-refractivity contribution < 1.29 is 9.47 Å². The van der Waals surface area contributed by atoms with Crippen LogP contribution < -0.4 is 14.8 Å². The van der Waals surface area contributed by atoms with E-state index in [1.165, 1.54) is 13.4 Å². The number of anilines is 1. The van der Waals surface area contributed by atoms with Crippen molar-refractivity contribution in [2.75, 3.05) is 19.0 Å². The topological polar surface area (TPSA) is 80.1 Å². The molecule has 0 bridgehead atoms. The zero-order valence-corrected chi connectivity index (χ0v) is 11.3. The number of benzene rings is 1. The third-order valence-corrected chi connectivity index (χ3v) is 2.51. The van der Waals surface area contributed by atoms with E-state index < -0.39 is 0 Å². The summed E-state index contributed by atoms with van der Waals surface area (Å²) < 4.78 is 10.9. The maximum Gasteiger partial charge on any atom is 0.224 e. The summed E-state index contributed by atoms with van der Waals surface area (Å²) in [5.41, 5.74) is 0.505. The molecule has 0 saturated heterocycles. The van der Waals surface area contributed by atoms with Gasteiger partial charge in [-0.25, -0.2) is 9.97 Å². The number of hydrogen-bond donors (Lipinski definition) is 1. The first kappa shape index (κ1) is 13.6. The predicted octanol–water partition coefficient (Wildman–Crippen LogP) is 2.58. The second-order valence-electron chi connectivity index (χ2n) is 3.85. The van der Waals surface area contributed by atoms with Crippen molar-refractivity contribution in [1.29, 1.82) is 5.26 Å². The Bertz CT molecular complexity index is 637. The normalized spacial score (nSPS) is 9.65. The Morgan fingerprint density at radius 2 is 2.10 bits per heavy atom. The highest BCUT2D eigenvalue weighted by Crippen LogP contribution is 2.31. The summed E-state index contributed by atoms with van der Waals surface area (Å²) in [4.78, 5) is 8.11. The van der Waals surface area contributed by atoms with E-state index in [9.17, 15) is 0 Å². The van der Waals surface area contributed by atoms with Gasteiger partial charge in [-0.15, -0.1) is 0 Å². The molecule has 20 heavy (non-hydrogen) atoms. The van der Waals surface area contributed by atoms with Crippen LogP contribution in [0, 0.1) is 11.3 Å². The minimum absolute atomic E-state index is 0.402. The molecule has 6 nitrogen and oxygen atoms in total. The molecular formula is C14H14N4O2. The van der Waals surface area contributed by atoms with Crippen molar-refractivity contribution in [3.05, 3.63) is 36.2 Å². The number of nitrogens with one attached hydrogen (secondary N) is 1. The first-order valence-electron chi connectivity index (χ1n) is 6.08. The van der Waals surface area contributed by atoms with Gasteiger partial charge in [0, 0.05) is 18.7 Å². The van der Waals surface area contributed by atoms with E-state index in [1.807, 2.05) is 13.0 Å². The molecule has 1 N–H and O–H groups in total. The Hall–Kier alpha value is -2.81. The van der Waals surface area contributed by atoms with Crippen molar-refractivity contribution in [2.45, 2.75) is 6.92 Å². The summed E-state index contributed by atoms with van der Waals surface area (Å²) in [6.07, 6.45) is 1.42. The van der Waals surface area contributed by atoms with E-state index in [2.05, 4.69) is 15.3 Å². The van der Waals surface area contributed by atoms with Crippen LogP contribution >= 0.6 is 0 Å². The smallest absolute Gasteiger partial charge is 0.224 e. The van der Waals surface area contributed by atoms with Crippen molar-refractivity contribution >= 4 is 5.82 Å². The number of nitrogens with zero attached hydrogens (tertiary/aromatic N) is 3. The highest BCUT2D eigenvalue weighted by atomic mass is 16.5. The lowest BCUT2D eigenvalue weighted by Gasteiger charge is -2.10. The fourth-order valence-electron chi connectivity index (χ4n) is 1.61. The molecule has 0 unspecified atom stereocenters. The molecule has 1 aromatic carbocycles. The van der Waals surface area contributed by atoms with Gasteiger partial charge in [0.05, 0.1) is 18.7 Å². The molecule has 0 radical (unpaired) electrons. The lowest BCUT2D eigenvalue weighted by molar-refractivity contribution is 0.374. The highest BCUT2D eigenvalue weighted by Gasteiger charge is 2.08. The fourth-order valence-corrected chi connectivity index (χ4v) is 1.61. The maximum atomic E-state index is 8.86. The average Bonchev–Trinajstić information content (AvgIpc) is 2.48. The number of ether oxygens (including phenoxy) is 2. The first-order chi connectivity index (χ1) is 9.76. The van der Waals surface area contributed by atoms with Gasteiger partial charge < -0.3 is 14.8 Å². The Kier molecular flexibility index (Phi) is 4.35. The molecule has 2 aromatic rings. The Labute approximate surface area is 117 Å². The molecule has 1 aromatic heterocycles. The second-order valence-corrected chi connectivity index (χ2v) is 3.85. The predicted molar refractivity (Wildman–Crippen MR) is 74.0 cm³/mol. The zero-order chi connectivity index (χ0) is 14.4. The molecule has 6 heteroatoms. The fraction of sp³-hybridized carbons (Fsp3) is 0.214. The molecule has 0 fully saturated rings. The van der Waals surface area contributed by atoms with Gasteiger partial charge in [0.25, 0.3) is 0 Å². The van der Waals surface area contributed by atoms with Crippen molar-refractivity contribution in [3.8, 4) is 23.4 Å². The molecule has 0 aliphatic heterocycles. The van der Waals surface area contributed by atoms with Crippen LogP contribution in [0.4, 0.5) is 5.82 Å². The minimum atomic E-state index is 0.402. The number of hydrogen-bond acceptors (Lipinski definition) is 6. The van der Waals surface area contributed by atoms with E-state index in [0.717, 1.165) is 6.54 Å². The molecule has 0 spiro atoms. The molecule has 102 valence electrons. The molecule has 0 aliphatic carbocycles. The first-order valence-corrected chi connectivity index (χ1v) is 6.08. The van der Waals surface area contributed by atoms with E-state index in [1.54, 1.807) is 24.3 Å². The Morgan fingerprint density at radius 1 is 1.25 bits per heavy atom. The second kappa shape index (κ2) is 6.38. The van der Waals surface area contributed by atoms with Crippen LogP contribution in [-0.4, -0.2) is 23.6 Å². The third-order valence-electron chi connectivity index (χ3n) is 2.51. The van der Waals surface area contributed by atoms with Crippen molar-refractivity contribution in [2.24, 2.45) is 0 Å². The number of rotatable bonds is 5. The van der Waals surface area contributed by atoms with Gasteiger partial charge >= 0.3 is 0 Å². The van der Waals surface area contributed by atoms with Crippen LogP contribution in [0.25, 0.3) is 0 Å². The molecule has 1 heterocycles. The van der Waals surface area contributed by atoms with E-state index in [4.69, 9.17) is 14.7 Å². The summed E-state index contributed by atoms with van der Waals surface area (Å²) in [6, 6.07) is 8.69. The van der Waals surface area contributed by atoms with Gasteiger partial charge in [-0.2, -0.15) is 5.26 Å². The van der Waals surface area contributed by atoms with Gasteiger partial charge in [-0.1, -0.05) is 0 Å². The summed E-state index contributed by atoms with van der Waals surface area (Å²) >= 11 is 0. The van der Waals surface area contributed by atoms with Gasteiger partial charge in [0.2, 0.25) is 5.88 Å². The molecule has 0 saturated carbocycles. The van der Waals surface area contributed by atoms with Gasteiger partial charge in [0.15, 0.2) is 11.5 Å². The van der Waals surface area contributed by atoms with Crippen molar-refractivity contribution in [1.82, 2.24) is 9.97 Å². The SMILES string of the molecule is CCNc1cc(Oc2ccc(C#N)cc2OC)ncn1. The highest BCUT2D eigenvalue weighted by molar-refractivity contribution is 5.48. The molecule has 0 aliphatic rings.